The molecule has 1 atom stereocenters. The van der Waals surface area contributed by atoms with Gasteiger partial charge in [-0.05, 0) is 57.5 Å². The molecular weight excluding hydrogens is 370 g/mol. The standard InChI is InChI=1S/C21H35N5O3/c1-3-29-20(28)26-10-6-21(15-26)12-17(13-21)24-8-4-16(5-9-24)19-23-7-11-25(19)14-18(27)22-2/h7,11,16-17,19,23H,3-6,8-10,12-15H2,1-2H3,(H,22,27). The van der Waals surface area contributed by atoms with E-state index in [2.05, 4.69) is 20.4 Å². The maximum absolute atomic E-state index is 12.0. The molecule has 4 rings (SSSR count). The molecule has 0 bridgehead atoms. The van der Waals surface area contributed by atoms with Gasteiger partial charge in [0.15, 0.2) is 0 Å². The van der Waals surface area contributed by atoms with Crippen molar-refractivity contribution in [1.29, 1.82) is 0 Å². The summed E-state index contributed by atoms with van der Waals surface area (Å²) in [6.07, 6.45) is 9.89. The van der Waals surface area contributed by atoms with E-state index >= 15 is 0 Å². The van der Waals surface area contributed by atoms with E-state index in [0.717, 1.165) is 45.4 Å². The van der Waals surface area contributed by atoms with Crippen molar-refractivity contribution in [3.05, 3.63) is 12.4 Å². The SMILES string of the molecule is CCOC(=O)N1CCC2(CC(N3CCC(C4NC=CN4CC(=O)NC)CC3)C2)C1. The van der Waals surface area contributed by atoms with Gasteiger partial charge < -0.3 is 30.1 Å². The first-order chi connectivity index (χ1) is 14.0. The number of nitrogens with one attached hydrogen (secondary N) is 2. The zero-order valence-electron chi connectivity index (χ0n) is 17.7. The highest BCUT2D eigenvalue weighted by atomic mass is 16.6. The Morgan fingerprint density at radius 2 is 2.00 bits per heavy atom. The van der Waals surface area contributed by atoms with E-state index in [1.807, 2.05) is 24.2 Å². The number of hydrogen-bond acceptors (Lipinski definition) is 6. The third-order valence-electron chi connectivity index (χ3n) is 7.33. The van der Waals surface area contributed by atoms with E-state index in [1.165, 1.54) is 12.8 Å². The van der Waals surface area contributed by atoms with Crippen molar-refractivity contribution in [3.8, 4) is 0 Å². The van der Waals surface area contributed by atoms with Gasteiger partial charge in [-0.3, -0.25) is 4.79 Å². The number of ether oxygens (including phenoxy) is 1. The minimum absolute atomic E-state index is 0.0500. The minimum atomic E-state index is -0.146. The second-order valence-corrected chi connectivity index (χ2v) is 9.08. The average Bonchev–Trinajstić information content (AvgIpc) is 3.34. The fraction of sp³-hybridized carbons (Fsp3) is 0.810. The van der Waals surface area contributed by atoms with Crippen LogP contribution < -0.4 is 10.6 Å². The molecule has 0 aromatic heterocycles. The highest BCUT2D eigenvalue weighted by molar-refractivity contribution is 5.77. The predicted molar refractivity (Wildman–Crippen MR) is 110 cm³/mol. The molecule has 1 spiro atoms. The maximum atomic E-state index is 12.0. The first-order valence-electron chi connectivity index (χ1n) is 11.1. The van der Waals surface area contributed by atoms with Crippen LogP contribution in [0.5, 0.6) is 0 Å². The van der Waals surface area contributed by atoms with Crippen molar-refractivity contribution in [2.75, 3.05) is 46.4 Å². The monoisotopic (exact) mass is 405 g/mol. The zero-order valence-corrected chi connectivity index (χ0v) is 17.7. The van der Waals surface area contributed by atoms with Gasteiger partial charge >= 0.3 is 6.09 Å². The number of carbonyl (C=O) groups is 2. The molecule has 1 unspecified atom stereocenters. The van der Waals surface area contributed by atoms with Crippen molar-refractivity contribution in [2.24, 2.45) is 11.3 Å². The lowest BCUT2D eigenvalue weighted by molar-refractivity contribution is -0.121. The zero-order chi connectivity index (χ0) is 20.4. The number of carbonyl (C=O) groups excluding carboxylic acids is 2. The molecule has 8 nitrogen and oxygen atoms in total. The molecule has 3 aliphatic heterocycles. The first-order valence-corrected chi connectivity index (χ1v) is 11.1. The maximum Gasteiger partial charge on any atom is 0.409 e. The number of nitrogens with zero attached hydrogens (tertiary/aromatic N) is 3. The van der Waals surface area contributed by atoms with Gasteiger partial charge in [-0.2, -0.15) is 0 Å². The second-order valence-electron chi connectivity index (χ2n) is 9.08. The lowest BCUT2D eigenvalue weighted by Crippen LogP contribution is -2.56. The summed E-state index contributed by atoms with van der Waals surface area (Å²) in [7, 11) is 1.69. The molecule has 0 aromatic rings. The number of likely N-dealkylation sites (N-methyl/N-ethyl adjacent to an activating group) is 1. The average molecular weight is 406 g/mol. The molecule has 3 fully saturated rings. The molecule has 0 radical (unpaired) electrons. The molecule has 4 aliphatic rings. The van der Waals surface area contributed by atoms with Gasteiger partial charge in [0, 0.05) is 44.5 Å². The molecule has 0 aromatic carbocycles. The molecule has 2 amide bonds. The van der Waals surface area contributed by atoms with Crippen LogP contribution in [-0.4, -0.2) is 85.3 Å². The quantitative estimate of drug-likeness (QED) is 0.715. The third kappa shape index (κ3) is 4.17. The Kier molecular flexibility index (Phi) is 5.90. The molecule has 1 saturated carbocycles. The Morgan fingerprint density at radius 1 is 1.24 bits per heavy atom. The highest BCUT2D eigenvalue weighted by Crippen LogP contribution is 2.50. The van der Waals surface area contributed by atoms with E-state index in [0.29, 0.717) is 30.5 Å². The summed E-state index contributed by atoms with van der Waals surface area (Å²) in [5.41, 5.74) is 0.329. The predicted octanol–water partition coefficient (Wildman–Crippen LogP) is 1.16. The van der Waals surface area contributed by atoms with Crippen LogP contribution in [-0.2, 0) is 9.53 Å². The smallest absolute Gasteiger partial charge is 0.409 e. The van der Waals surface area contributed by atoms with Gasteiger partial charge in [0.2, 0.25) is 5.91 Å². The molecule has 29 heavy (non-hydrogen) atoms. The van der Waals surface area contributed by atoms with Crippen LogP contribution in [0.3, 0.4) is 0 Å². The Hall–Kier alpha value is -1.96. The van der Waals surface area contributed by atoms with Crippen LogP contribution in [0.25, 0.3) is 0 Å². The number of rotatable bonds is 5. The lowest BCUT2D eigenvalue weighted by Gasteiger charge is -2.52. The fourth-order valence-electron chi connectivity index (χ4n) is 5.67. The van der Waals surface area contributed by atoms with Crippen molar-refractivity contribution in [1.82, 2.24) is 25.3 Å². The molecule has 1 aliphatic carbocycles. The van der Waals surface area contributed by atoms with E-state index < -0.39 is 0 Å². The number of likely N-dealkylation sites (tertiary alicyclic amines) is 2. The van der Waals surface area contributed by atoms with Crippen LogP contribution in [0.1, 0.15) is 39.0 Å². The van der Waals surface area contributed by atoms with Gasteiger partial charge in [-0.15, -0.1) is 0 Å². The van der Waals surface area contributed by atoms with Gasteiger partial charge in [0.05, 0.1) is 13.2 Å². The summed E-state index contributed by atoms with van der Waals surface area (Å²) in [6.45, 7) is 6.68. The summed E-state index contributed by atoms with van der Waals surface area (Å²) in [5.74, 6) is 0.611. The molecule has 3 heterocycles. The Morgan fingerprint density at radius 3 is 2.69 bits per heavy atom. The topological polar surface area (TPSA) is 77.2 Å². The second kappa shape index (κ2) is 8.42. The summed E-state index contributed by atoms with van der Waals surface area (Å²) in [5, 5.41) is 6.15. The number of hydrogen-bond donors (Lipinski definition) is 2. The van der Waals surface area contributed by atoms with Crippen molar-refractivity contribution >= 4 is 12.0 Å². The first kappa shape index (κ1) is 20.3. The van der Waals surface area contributed by atoms with Gasteiger partial charge in [0.25, 0.3) is 0 Å². The third-order valence-corrected chi connectivity index (χ3v) is 7.33. The van der Waals surface area contributed by atoms with Crippen LogP contribution in [0.4, 0.5) is 4.79 Å². The number of amides is 2. The van der Waals surface area contributed by atoms with Crippen LogP contribution in [0, 0.1) is 11.3 Å². The highest BCUT2D eigenvalue weighted by Gasteiger charge is 2.51. The lowest BCUT2D eigenvalue weighted by atomic mass is 9.64. The van der Waals surface area contributed by atoms with Crippen LogP contribution in [0.2, 0.25) is 0 Å². The largest absolute Gasteiger partial charge is 0.450 e. The van der Waals surface area contributed by atoms with Crippen LogP contribution >= 0.6 is 0 Å². The molecular formula is C21H35N5O3. The molecule has 2 N–H and O–H groups in total. The Balaban J connectivity index is 1.22. The van der Waals surface area contributed by atoms with Crippen molar-refractivity contribution in [3.63, 3.8) is 0 Å². The summed E-state index contributed by atoms with van der Waals surface area (Å²) >= 11 is 0. The van der Waals surface area contributed by atoms with E-state index in [4.69, 9.17) is 4.74 Å². The summed E-state index contributed by atoms with van der Waals surface area (Å²) in [6, 6.07) is 0.662. The minimum Gasteiger partial charge on any atom is -0.450 e. The van der Waals surface area contributed by atoms with Crippen LogP contribution in [0.15, 0.2) is 12.4 Å². The normalized spacial score (nSPS) is 32.3. The van der Waals surface area contributed by atoms with Gasteiger partial charge in [-0.1, -0.05) is 0 Å². The van der Waals surface area contributed by atoms with Crippen molar-refractivity contribution in [2.45, 2.75) is 51.2 Å². The van der Waals surface area contributed by atoms with E-state index in [1.54, 1.807) is 7.05 Å². The van der Waals surface area contributed by atoms with Gasteiger partial charge in [0.1, 0.15) is 6.17 Å². The Bertz CT molecular complexity index is 640. The molecule has 162 valence electrons. The van der Waals surface area contributed by atoms with E-state index in [9.17, 15) is 9.59 Å². The fourth-order valence-corrected chi connectivity index (χ4v) is 5.67. The molecule has 8 heteroatoms. The summed E-state index contributed by atoms with van der Waals surface area (Å²) in [4.78, 5) is 30.4. The van der Waals surface area contributed by atoms with Crippen molar-refractivity contribution < 1.29 is 14.3 Å². The van der Waals surface area contributed by atoms with Gasteiger partial charge in [-0.25, -0.2) is 4.79 Å². The van der Waals surface area contributed by atoms with E-state index in [-0.39, 0.29) is 18.2 Å². The Labute approximate surface area is 173 Å². The number of piperidine rings is 1. The summed E-state index contributed by atoms with van der Waals surface area (Å²) < 4.78 is 5.17. The molecule has 2 saturated heterocycles.